The van der Waals surface area contributed by atoms with Crippen molar-refractivity contribution in [3.8, 4) is 0 Å². The van der Waals surface area contributed by atoms with Gasteiger partial charge in [0.05, 0.1) is 12.1 Å². The van der Waals surface area contributed by atoms with Gasteiger partial charge in [-0.1, -0.05) is 19.3 Å². The van der Waals surface area contributed by atoms with Crippen LogP contribution in [-0.4, -0.2) is 31.2 Å². The van der Waals surface area contributed by atoms with Crippen LogP contribution in [0.1, 0.15) is 45.4 Å². The molecule has 0 spiro atoms. The maximum absolute atomic E-state index is 11.1. The Balaban J connectivity index is 1.93. The first kappa shape index (κ1) is 13.5. The Hall–Kier alpha value is -0.610. The Bertz CT molecular complexity index is 201. The van der Waals surface area contributed by atoms with Gasteiger partial charge in [-0.25, -0.2) is 0 Å². The molecular formula is C12H24N2O2. The molecule has 0 aromatic heterocycles. The molecule has 0 heterocycles. The average molecular weight is 228 g/mol. The molecule has 0 bridgehead atoms. The number of amides is 1. The van der Waals surface area contributed by atoms with Gasteiger partial charge in [0, 0.05) is 13.2 Å². The molecule has 1 fully saturated rings. The lowest BCUT2D eigenvalue weighted by Crippen LogP contribution is -2.39. The minimum atomic E-state index is -0.417. The smallest absolute Gasteiger partial charge is 0.236 e. The molecule has 4 nitrogen and oxygen atoms in total. The molecule has 3 N–H and O–H groups in total. The molecule has 0 saturated heterocycles. The number of ether oxygens (including phenoxy) is 1. The quantitative estimate of drug-likeness (QED) is 0.671. The van der Waals surface area contributed by atoms with Gasteiger partial charge in [-0.05, 0) is 26.2 Å². The van der Waals surface area contributed by atoms with Gasteiger partial charge in [-0.15, -0.1) is 0 Å². The normalized spacial score (nSPS) is 19.4. The molecule has 0 radical (unpaired) electrons. The maximum atomic E-state index is 11.1. The maximum Gasteiger partial charge on any atom is 0.236 e. The van der Waals surface area contributed by atoms with Crippen molar-refractivity contribution < 1.29 is 9.53 Å². The van der Waals surface area contributed by atoms with E-state index in [1.165, 1.54) is 32.1 Å². The summed E-state index contributed by atoms with van der Waals surface area (Å²) in [5.41, 5.74) is 5.42. The van der Waals surface area contributed by atoms with Crippen LogP contribution in [0.15, 0.2) is 0 Å². The van der Waals surface area contributed by atoms with Crippen molar-refractivity contribution in [2.24, 2.45) is 5.73 Å². The summed E-state index contributed by atoms with van der Waals surface area (Å²) in [5, 5.41) is 2.78. The highest BCUT2D eigenvalue weighted by Crippen LogP contribution is 2.20. The summed E-state index contributed by atoms with van der Waals surface area (Å²) in [6.07, 6.45) is 7.67. The van der Waals surface area contributed by atoms with Crippen LogP contribution in [-0.2, 0) is 9.53 Å². The van der Waals surface area contributed by atoms with Crippen LogP contribution in [0.4, 0.5) is 0 Å². The van der Waals surface area contributed by atoms with Gasteiger partial charge in [-0.3, -0.25) is 4.79 Å². The average Bonchev–Trinajstić information content (AvgIpc) is 2.29. The summed E-state index contributed by atoms with van der Waals surface area (Å²) < 4.78 is 5.74. The van der Waals surface area contributed by atoms with Crippen molar-refractivity contribution in [2.45, 2.75) is 57.6 Å². The highest BCUT2D eigenvalue weighted by atomic mass is 16.5. The molecule has 1 atom stereocenters. The lowest BCUT2D eigenvalue weighted by molar-refractivity contribution is -0.122. The number of nitrogens with one attached hydrogen (secondary N) is 1. The first-order valence-corrected chi connectivity index (χ1v) is 6.35. The first-order chi connectivity index (χ1) is 7.70. The second kappa shape index (κ2) is 7.63. The van der Waals surface area contributed by atoms with Crippen LogP contribution in [0.3, 0.4) is 0 Å². The Kier molecular flexibility index (Phi) is 6.42. The van der Waals surface area contributed by atoms with E-state index in [0.717, 1.165) is 13.0 Å². The highest BCUT2D eigenvalue weighted by molar-refractivity contribution is 5.80. The second-order valence-electron chi connectivity index (χ2n) is 4.56. The monoisotopic (exact) mass is 228 g/mol. The molecular weight excluding hydrogens is 204 g/mol. The number of hydrogen-bond acceptors (Lipinski definition) is 3. The summed E-state index contributed by atoms with van der Waals surface area (Å²) >= 11 is 0. The van der Waals surface area contributed by atoms with Crippen LogP contribution < -0.4 is 11.1 Å². The molecule has 1 rings (SSSR count). The number of carbonyl (C=O) groups excluding carboxylic acids is 1. The molecule has 0 aliphatic heterocycles. The topological polar surface area (TPSA) is 64.4 Å². The van der Waals surface area contributed by atoms with E-state index in [1.807, 2.05) is 0 Å². The van der Waals surface area contributed by atoms with Gasteiger partial charge in [0.15, 0.2) is 0 Å². The summed E-state index contributed by atoms with van der Waals surface area (Å²) in [6.45, 7) is 3.09. The molecule has 16 heavy (non-hydrogen) atoms. The lowest BCUT2D eigenvalue weighted by atomic mass is 9.98. The van der Waals surface area contributed by atoms with E-state index < -0.39 is 6.04 Å². The van der Waals surface area contributed by atoms with Crippen molar-refractivity contribution in [1.29, 1.82) is 0 Å². The largest absolute Gasteiger partial charge is 0.378 e. The molecule has 94 valence electrons. The van der Waals surface area contributed by atoms with Crippen molar-refractivity contribution in [1.82, 2.24) is 5.32 Å². The van der Waals surface area contributed by atoms with Gasteiger partial charge in [0.2, 0.25) is 5.91 Å². The lowest BCUT2D eigenvalue weighted by Gasteiger charge is -2.21. The minimum absolute atomic E-state index is 0.0855. The van der Waals surface area contributed by atoms with Crippen molar-refractivity contribution in [3.63, 3.8) is 0 Å². The van der Waals surface area contributed by atoms with Gasteiger partial charge >= 0.3 is 0 Å². The summed E-state index contributed by atoms with van der Waals surface area (Å²) in [6, 6.07) is -0.417. The molecule has 0 unspecified atom stereocenters. The number of rotatable bonds is 6. The summed E-state index contributed by atoms with van der Waals surface area (Å²) in [4.78, 5) is 11.1. The van der Waals surface area contributed by atoms with Gasteiger partial charge in [0.1, 0.15) is 0 Å². The van der Waals surface area contributed by atoms with Gasteiger partial charge in [0.25, 0.3) is 0 Å². The standard InChI is InChI=1S/C12H24N2O2/c1-10(13)12(15)14-8-5-9-16-11-6-3-2-4-7-11/h10-11H,2-9,13H2,1H3,(H,14,15)/t10-/m1/s1. The van der Waals surface area contributed by atoms with Crippen LogP contribution in [0.25, 0.3) is 0 Å². The van der Waals surface area contributed by atoms with Crippen LogP contribution in [0.5, 0.6) is 0 Å². The highest BCUT2D eigenvalue weighted by Gasteiger charge is 2.13. The molecule has 0 aromatic carbocycles. The zero-order valence-electron chi connectivity index (χ0n) is 10.2. The molecule has 1 aliphatic carbocycles. The SMILES string of the molecule is C[C@@H](N)C(=O)NCCCOC1CCCCC1. The van der Waals surface area contributed by atoms with E-state index in [9.17, 15) is 4.79 Å². The number of hydrogen-bond donors (Lipinski definition) is 2. The van der Waals surface area contributed by atoms with E-state index >= 15 is 0 Å². The van der Waals surface area contributed by atoms with E-state index in [1.54, 1.807) is 6.92 Å². The Morgan fingerprint density at radius 1 is 1.44 bits per heavy atom. The summed E-state index contributed by atoms with van der Waals surface area (Å²) in [7, 11) is 0. The van der Waals surface area contributed by atoms with Crippen molar-refractivity contribution >= 4 is 5.91 Å². The van der Waals surface area contributed by atoms with Gasteiger partial charge in [-0.2, -0.15) is 0 Å². The third-order valence-electron chi connectivity index (χ3n) is 2.94. The van der Waals surface area contributed by atoms with Crippen molar-refractivity contribution in [2.75, 3.05) is 13.2 Å². The fraction of sp³-hybridized carbons (Fsp3) is 0.917. The van der Waals surface area contributed by atoms with E-state index in [4.69, 9.17) is 10.5 Å². The molecule has 4 heteroatoms. The van der Waals surface area contributed by atoms with Crippen molar-refractivity contribution in [3.05, 3.63) is 0 Å². The molecule has 0 aromatic rings. The predicted molar refractivity (Wildman–Crippen MR) is 64.1 cm³/mol. The fourth-order valence-electron chi connectivity index (χ4n) is 1.93. The Labute approximate surface area is 97.9 Å². The van der Waals surface area contributed by atoms with E-state index in [-0.39, 0.29) is 5.91 Å². The molecule has 1 amide bonds. The number of nitrogens with two attached hydrogens (primary N) is 1. The minimum Gasteiger partial charge on any atom is -0.378 e. The first-order valence-electron chi connectivity index (χ1n) is 6.35. The predicted octanol–water partition coefficient (Wildman–Crippen LogP) is 1.19. The molecule has 1 saturated carbocycles. The fourth-order valence-corrected chi connectivity index (χ4v) is 1.93. The zero-order valence-corrected chi connectivity index (χ0v) is 10.2. The van der Waals surface area contributed by atoms with Gasteiger partial charge < -0.3 is 15.8 Å². The van der Waals surface area contributed by atoms with E-state index in [0.29, 0.717) is 12.6 Å². The zero-order chi connectivity index (χ0) is 11.8. The third kappa shape index (κ3) is 5.47. The Morgan fingerprint density at radius 2 is 2.12 bits per heavy atom. The Morgan fingerprint density at radius 3 is 2.75 bits per heavy atom. The summed E-state index contributed by atoms with van der Waals surface area (Å²) in [5.74, 6) is -0.0855. The van der Waals surface area contributed by atoms with Crippen LogP contribution >= 0.6 is 0 Å². The van der Waals surface area contributed by atoms with E-state index in [2.05, 4.69) is 5.32 Å². The van der Waals surface area contributed by atoms with Crippen LogP contribution in [0, 0.1) is 0 Å². The van der Waals surface area contributed by atoms with Crippen LogP contribution in [0.2, 0.25) is 0 Å². The second-order valence-corrected chi connectivity index (χ2v) is 4.56. The third-order valence-corrected chi connectivity index (χ3v) is 2.94. The number of carbonyl (C=O) groups is 1. The molecule has 1 aliphatic rings.